The molecule has 0 radical (unpaired) electrons. The first kappa shape index (κ1) is 10.3. The molecule has 0 atom stereocenters. The van der Waals surface area contributed by atoms with E-state index in [0.717, 1.165) is 6.20 Å². The lowest BCUT2D eigenvalue weighted by Gasteiger charge is -2.05. The van der Waals surface area contributed by atoms with E-state index in [1.54, 1.807) is 0 Å². The maximum atomic E-state index is 13.0. The SMILES string of the molecule is OCc1c(Cl)cnc(C(F)F)c1F. The van der Waals surface area contributed by atoms with Crippen LogP contribution in [0.25, 0.3) is 0 Å². The molecule has 13 heavy (non-hydrogen) atoms. The van der Waals surface area contributed by atoms with Gasteiger partial charge in [0.25, 0.3) is 6.43 Å². The Labute approximate surface area is 77.0 Å². The molecule has 0 saturated heterocycles. The Hall–Kier alpha value is -0.810. The number of aromatic nitrogens is 1. The van der Waals surface area contributed by atoms with Crippen LogP contribution in [-0.4, -0.2) is 10.1 Å². The molecule has 1 rings (SSSR count). The molecule has 0 aliphatic rings. The fourth-order valence-corrected chi connectivity index (χ4v) is 1.01. The van der Waals surface area contributed by atoms with Crippen molar-refractivity contribution in [1.82, 2.24) is 4.98 Å². The van der Waals surface area contributed by atoms with Crippen LogP contribution in [0.4, 0.5) is 13.2 Å². The highest BCUT2D eigenvalue weighted by Gasteiger charge is 2.19. The molecule has 1 heterocycles. The summed E-state index contributed by atoms with van der Waals surface area (Å²) in [5.74, 6) is -1.25. The van der Waals surface area contributed by atoms with E-state index in [0.29, 0.717) is 0 Å². The van der Waals surface area contributed by atoms with Crippen molar-refractivity contribution in [1.29, 1.82) is 0 Å². The maximum absolute atomic E-state index is 13.0. The molecule has 0 aliphatic heterocycles. The largest absolute Gasteiger partial charge is 0.392 e. The molecule has 0 bridgehead atoms. The van der Waals surface area contributed by atoms with Crippen molar-refractivity contribution in [2.75, 3.05) is 0 Å². The van der Waals surface area contributed by atoms with Gasteiger partial charge in [0.2, 0.25) is 0 Å². The third-order valence-corrected chi connectivity index (χ3v) is 1.79. The van der Waals surface area contributed by atoms with Crippen LogP contribution < -0.4 is 0 Å². The first-order chi connectivity index (χ1) is 6.07. The minimum absolute atomic E-state index is 0.163. The van der Waals surface area contributed by atoms with Gasteiger partial charge in [-0.2, -0.15) is 0 Å². The lowest BCUT2D eigenvalue weighted by molar-refractivity contribution is 0.139. The van der Waals surface area contributed by atoms with Crippen molar-refractivity contribution < 1.29 is 18.3 Å². The van der Waals surface area contributed by atoms with Gasteiger partial charge >= 0.3 is 0 Å². The molecule has 2 nitrogen and oxygen atoms in total. The van der Waals surface area contributed by atoms with Gasteiger partial charge in [0, 0.05) is 11.8 Å². The quantitative estimate of drug-likeness (QED) is 0.814. The van der Waals surface area contributed by atoms with E-state index in [2.05, 4.69) is 4.98 Å². The molecule has 0 aliphatic carbocycles. The second-order valence-corrected chi connectivity index (χ2v) is 2.65. The molecule has 1 aromatic rings. The first-order valence-corrected chi connectivity index (χ1v) is 3.67. The molecule has 0 unspecified atom stereocenters. The third kappa shape index (κ3) is 1.92. The van der Waals surface area contributed by atoms with Crippen LogP contribution >= 0.6 is 11.6 Å². The summed E-state index contributed by atoms with van der Waals surface area (Å²) in [6, 6.07) is 0. The van der Waals surface area contributed by atoms with E-state index < -0.39 is 24.5 Å². The summed E-state index contributed by atoms with van der Waals surface area (Å²) in [5.41, 5.74) is -1.35. The van der Waals surface area contributed by atoms with Crippen molar-refractivity contribution in [2.24, 2.45) is 0 Å². The molecule has 6 heteroatoms. The Morgan fingerprint density at radius 2 is 2.15 bits per heavy atom. The Morgan fingerprint density at radius 3 is 2.62 bits per heavy atom. The van der Waals surface area contributed by atoms with Crippen LogP contribution in [0.2, 0.25) is 5.02 Å². The average Bonchev–Trinajstić information content (AvgIpc) is 2.04. The predicted octanol–water partition coefficient (Wildman–Crippen LogP) is 2.30. The highest BCUT2D eigenvalue weighted by atomic mass is 35.5. The Balaban J connectivity index is 3.27. The Kier molecular flexibility index (Phi) is 3.11. The van der Waals surface area contributed by atoms with Gasteiger partial charge in [-0.25, -0.2) is 13.2 Å². The molecule has 1 aromatic heterocycles. The van der Waals surface area contributed by atoms with Crippen LogP contribution in [0.15, 0.2) is 6.20 Å². The molecule has 1 N–H and O–H groups in total. The number of nitrogens with zero attached hydrogens (tertiary/aromatic N) is 1. The van der Waals surface area contributed by atoms with Gasteiger partial charge < -0.3 is 5.11 Å². The summed E-state index contributed by atoms with van der Waals surface area (Å²) in [6.07, 6.45) is -2.12. The van der Waals surface area contributed by atoms with E-state index in [1.807, 2.05) is 0 Å². The summed E-state index contributed by atoms with van der Waals surface area (Å²) >= 11 is 5.40. The van der Waals surface area contributed by atoms with Crippen molar-refractivity contribution in [3.8, 4) is 0 Å². The zero-order valence-corrected chi connectivity index (χ0v) is 7.02. The molecule has 0 aromatic carbocycles. The first-order valence-electron chi connectivity index (χ1n) is 3.29. The van der Waals surface area contributed by atoms with E-state index in [1.165, 1.54) is 0 Å². The minimum Gasteiger partial charge on any atom is -0.392 e. The standard InChI is InChI=1S/C7H5ClF3NO/c8-4-1-12-6(7(10)11)5(9)3(4)2-13/h1,7,13H,2H2. The number of pyridine rings is 1. The minimum atomic E-state index is -3.01. The second kappa shape index (κ2) is 3.93. The smallest absolute Gasteiger partial charge is 0.283 e. The van der Waals surface area contributed by atoms with E-state index in [9.17, 15) is 13.2 Å². The van der Waals surface area contributed by atoms with E-state index in [-0.39, 0.29) is 10.6 Å². The zero-order chi connectivity index (χ0) is 10.0. The summed E-state index contributed by atoms with van der Waals surface area (Å²) in [4.78, 5) is 3.12. The third-order valence-electron chi connectivity index (χ3n) is 1.46. The van der Waals surface area contributed by atoms with Crippen LogP contribution in [0.3, 0.4) is 0 Å². The van der Waals surface area contributed by atoms with Crippen LogP contribution in [0, 0.1) is 5.82 Å². The summed E-state index contributed by atoms with van der Waals surface area (Å²) < 4.78 is 37.1. The summed E-state index contributed by atoms with van der Waals surface area (Å²) in [5, 5.41) is 8.45. The van der Waals surface area contributed by atoms with Gasteiger partial charge in [0.05, 0.1) is 11.6 Å². The number of hydrogen-bond donors (Lipinski definition) is 1. The molecule has 0 fully saturated rings. The Bertz CT molecular complexity index is 319. The molecule has 0 amide bonds. The lowest BCUT2D eigenvalue weighted by atomic mass is 10.2. The van der Waals surface area contributed by atoms with Gasteiger partial charge in [-0.05, 0) is 0 Å². The van der Waals surface area contributed by atoms with Crippen LogP contribution in [-0.2, 0) is 6.61 Å². The lowest BCUT2D eigenvalue weighted by Crippen LogP contribution is -2.01. The number of hydrogen-bond acceptors (Lipinski definition) is 2. The maximum Gasteiger partial charge on any atom is 0.283 e. The van der Waals surface area contributed by atoms with E-state index in [4.69, 9.17) is 16.7 Å². The normalized spacial score (nSPS) is 10.9. The van der Waals surface area contributed by atoms with Gasteiger partial charge in [0.15, 0.2) is 5.82 Å². The fraction of sp³-hybridized carbons (Fsp3) is 0.286. The molecule has 0 spiro atoms. The predicted molar refractivity (Wildman–Crippen MR) is 40.1 cm³/mol. The fourth-order valence-electron chi connectivity index (χ4n) is 0.817. The Morgan fingerprint density at radius 1 is 1.54 bits per heavy atom. The number of aliphatic hydroxyl groups is 1. The molecule has 0 saturated carbocycles. The summed E-state index contributed by atoms with van der Waals surface area (Å²) in [7, 11) is 0. The van der Waals surface area contributed by atoms with E-state index >= 15 is 0 Å². The highest BCUT2D eigenvalue weighted by molar-refractivity contribution is 6.31. The molecular formula is C7H5ClF3NO. The zero-order valence-electron chi connectivity index (χ0n) is 6.27. The molecular weight excluding hydrogens is 207 g/mol. The van der Waals surface area contributed by atoms with Gasteiger partial charge in [0.1, 0.15) is 5.69 Å². The van der Waals surface area contributed by atoms with Crippen molar-refractivity contribution in [3.63, 3.8) is 0 Å². The number of rotatable bonds is 2. The van der Waals surface area contributed by atoms with Gasteiger partial charge in [-0.3, -0.25) is 4.98 Å². The topological polar surface area (TPSA) is 33.1 Å². The number of alkyl halides is 2. The van der Waals surface area contributed by atoms with Crippen LogP contribution in [0.5, 0.6) is 0 Å². The van der Waals surface area contributed by atoms with Crippen molar-refractivity contribution in [3.05, 3.63) is 28.3 Å². The van der Waals surface area contributed by atoms with Crippen molar-refractivity contribution in [2.45, 2.75) is 13.0 Å². The van der Waals surface area contributed by atoms with Gasteiger partial charge in [-0.15, -0.1) is 0 Å². The summed E-state index contributed by atoms with van der Waals surface area (Å²) in [6.45, 7) is -0.729. The number of halogens is 4. The monoisotopic (exact) mass is 211 g/mol. The van der Waals surface area contributed by atoms with Crippen LogP contribution in [0.1, 0.15) is 17.7 Å². The van der Waals surface area contributed by atoms with Gasteiger partial charge in [-0.1, -0.05) is 11.6 Å². The number of aliphatic hydroxyl groups excluding tert-OH is 1. The highest BCUT2D eigenvalue weighted by Crippen LogP contribution is 2.26. The average molecular weight is 212 g/mol. The molecule has 72 valence electrons. The second-order valence-electron chi connectivity index (χ2n) is 2.24. The van der Waals surface area contributed by atoms with Crippen molar-refractivity contribution >= 4 is 11.6 Å².